The molecule has 0 aromatic heterocycles. The zero-order chi connectivity index (χ0) is 8.48. The summed E-state index contributed by atoms with van der Waals surface area (Å²) in [6.07, 6.45) is -4.33. The molecular formula is C7H3ClF3. The van der Waals surface area contributed by atoms with Gasteiger partial charge in [0.1, 0.15) is 0 Å². The van der Waals surface area contributed by atoms with Crippen LogP contribution in [0.1, 0.15) is 5.56 Å². The Morgan fingerprint density at radius 3 is 2.27 bits per heavy atom. The Kier molecular flexibility index (Phi) is 2.09. The van der Waals surface area contributed by atoms with E-state index in [-0.39, 0.29) is 5.02 Å². The van der Waals surface area contributed by atoms with Crippen molar-refractivity contribution in [3.63, 3.8) is 0 Å². The predicted molar refractivity (Wildman–Crippen MR) is 35.3 cm³/mol. The first-order valence-corrected chi connectivity index (χ1v) is 3.12. The molecule has 0 saturated carbocycles. The summed E-state index contributed by atoms with van der Waals surface area (Å²) >= 11 is 5.32. The summed E-state index contributed by atoms with van der Waals surface area (Å²) in [7, 11) is 0. The molecule has 0 spiro atoms. The summed E-state index contributed by atoms with van der Waals surface area (Å²) in [5.41, 5.74) is -0.773. The Morgan fingerprint density at radius 1 is 1.27 bits per heavy atom. The molecule has 59 valence electrons. The molecule has 1 rings (SSSR count). The van der Waals surface area contributed by atoms with E-state index in [4.69, 9.17) is 11.6 Å². The highest BCUT2D eigenvalue weighted by molar-refractivity contribution is 6.30. The van der Waals surface area contributed by atoms with E-state index in [9.17, 15) is 13.2 Å². The minimum absolute atomic E-state index is 0.0415. The van der Waals surface area contributed by atoms with Crippen LogP contribution in [0.25, 0.3) is 0 Å². The Balaban J connectivity index is 3.06. The summed E-state index contributed by atoms with van der Waals surface area (Å²) < 4.78 is 35.7. The van der Waals surface area contributed by atoms with Crippen molar-refractivity contribution >= 4 is 11.6 Å². The molecule has 1 aromatic rings. The van der Waals surface area contributed by atoms with Crippen molar-refractivity contribution < 1.29 is 13.2 Å². The van der Waals surface area contributed by atoms with Gasteiger partial charge in [0.25, 0.3) is 0 Å². The van der Waals surface area contributed by atoms with Crippen LogP contribution < -0.4 is 0 Å². The van der Waals surface area contributed by atoms with E-state index in [1.165, 1.54) is 6.07 Å². The van der Waals surface area contributed by atoms with Crippen molar-refractivity contribution in [2.24, 2.45) is 0 Å². The van der Waals surface area contributed by atoms with E-state index in [2.05, 4.69) is 6.07 Å². The lowest BCUT2D eigenvalue weighted by molar-refractivity contribution is -0.137. The smallest absolute Gasteiger partial charge is 0.166 e. The van der Waals surface area contributed by atoms with Gasteiger partial charge in [0.2, 0.25) is 0 Å². The number of benzene rings is 1. The van der Waals surface area contributed by atoms with Crippen molar-refractivity contribution in [1.29, 1.82) is 0 Å². The third-order valence-electron chi connectivity index (χ3n) is 1.08. The summed E-state index contributed by atoms with van der Waals surface area (Å²) in [5.74, 6) is 0. The zero-order valence-corrected chi connectivity index (χ0v) is 6.00. The van der Waals surface area contributed by atoms with Gasteiger partial charge in [-0.3, -0.25) is 0 Å². The van der Waals surface area contributed by atoms with Gasteiger partial charge >= 0.3 is 6.18 Å². The second-order valence-electron chi connectivity index (χ2n) is 1.94. The number of hydrogen-bond donors (Lipinski definition) is 0. The largest absolute Gasteiger partial charge is 0.416 e. The van der Waals surface area contributed by atoms with E-state index < -0.39 is 11.7 Å². The van der Waals surface area contributed by atoms with Crippen LogP contribution in [0.5, 0.6) is 0 Å². The summed E-state index contributed by atoms with van der Waals surface area (Å²) in [4.78, 5) is 0. The van der Waals surface area contributed by atoms with Crippen LogP contribution in [0, 0.1) is 6.07 Å². The molecule has 0 unspecified atom stereocenters. The molecule has 0 bridgehead atoms. The fourth-order valence-electron chi connectivity index (χ4n) is 0.607. The molecule has 11 heavy (non-hydrogen) atoms. The molecule has 0 saturated heterocycles. The van der Waals surface area contributed by atoms with Crippen LogP contribution >= 0.6 is 11.6 Å². The molecule has 0 aliphatic heterocycles. The second-order valence-corrected chi connectivity index (χ2v) is 2.37. The average molecular weight is 180 g/mol. The molecule has 4 heteroatoms. The highest BCUT2D eigenvalue weighted by atomic mass is 35.5. The maximum Gasteiger partial charge on any atom is 0.416 e. The average Bonchev–Trinajstić information content (AvgIpc) is 1.86. The van der Waals surface area contributed by atoms with Gasteiger partial charge < -0.3 is 0 Å². The molecule has 0 heterocycles. The van der Waals surface area contributed by atoms with E-state index >= 15 is 0 Å². The van der Waals surface area contributed by atoms with Crippen LogP contribution in [0.2, 0.25) is 5.02 Å². The molecular weight excluding hydrogens is 177 g/mol. The molecule has 0 N–H and O–H groups in total. The van der Waals surface area contributed by atoms with Crippen LogP contribution in [0.3, 0.4) is 0 Å². The first-order chi connectivity index (χ1) is 5.00. The van der Waals surface area contributed by atoms with Crippen LogP contribution in [-0.4, -0.2) is 0 Å². The number of rotatable bonds is 0. The highest BCUT2D eigenvalue weighted by Gasteiger charge is 2.30. The number of halogens is 4. The van der Waals surface area contributed by atoms with Crippen LogP contribution in [0.4, 0.5) is 13.2 Å². The van der Waals surface area contributed by atoms with Crippen molar-refractivity contribution in [3.05, 3.63) is 34.9 Å². The van der Waals surface area contributed by atoms with Gasteiger partial charge in [0.15, 0.2) is 0 Å². The normalized spacial score (nSPS) is 11.6. The van der Waals surface area contributed by atoms with Crippen molar-refractivity contribution in [3.8, 4) is 0 Å². The summed E-state index contributed by atoms with van der Waals surface area (Å²) in [5, 5.41) is 0.0415. The quantitative estimate of drug-likeness (QED) is 0.574. The first kappa shape index (κ1) is 8.40. The Bertz CT molecular complexity index is 254. The molecule has 0 aliphatic rings. The SMILES string of the molecule is FC(F)(F)c1c[c]cc(Cl)c1. The van der Waals surface area contributed by atoms with Gasteiger partial charge in [-0.2, -0.15) is 13.2 Å². The molecule has 0 amide bonds. The molecule has 0 nitrogen and oxygen atoms in total. The lowest BCUT2D eigenvalue weighted by Crippen LogP contribution is -2.03. The van der Waals surface area contributed by atoms with Gasteiger partial charge in [-0.25, -0.2) is 0 Å². The van der Waals surface area contributed by atoms with Crippen LogP contribution in [-0.2, 0) is 6.18 Å². The van der Waals surface area contributed by atoms with Gasteiger partial charge in [-0.1, -0.05) is 11.6 Å². The first-order valence-electron chi connectivity index (χ1n) is 2.74. The fourth-order valence-corrected chi connectivity index (χ4v) is 0.787. The van der Waals surface area contributed by atoms with Gasteiger partial charge in [0, 0.05) is 5.02 Å². The van der Waals surface area contributed by atoms with Crippen molar-refractivity contribution in [1.82, 2.24) is 0 Å². The highest BCUT2D eigenvalue weighted by Crippen LogP contribution is 2.30. The monoisotopic (exact) mass is 179 g/mol. The third kappa shape index (κ3) is 2.12. The Hall–Kier alpha value is -0.700. The van der Waals surface area contributed by atoms with Gasteiger partial charge in [-0.15, -0.1) is 0 Å². The molecule has 0 atom stereocenters. The Labute approximate surface area is 66.6 Å². The van der Waals surface area contributed by atoms with Crippen molar-refractivity contribution in [2.75, 3.05) is 0 Å². The lowest BCUT2D eigenvalue weighted by Gasteiger charge is -2.04. The van der Waals surface area contributed by atoms with Gasteiger partial charge in [0.05, 0.1) is 5.56 Å². The minimum Gasteiger partial charge on any atom is -0.166 e. The summed E-state index contributed by atoms with van der Waals surface area (Å²) in [6.45, 7) is 0. The van der Waals surface area contributed by atoms with Crippen LogP contribution in [0.15, 0.2) is 18.2 Å². The minimum atomic E-state index is -4.33. The van der Waals surface area contributed by atoms with E-state index in [1.807, 2.05) is 0 Å². The number of hydrogen-bond acceptors (Lipinski definition) is 0. The molecule has 1 radical (unpaired) electrons. The Morgan fingerprint density at radius 2 is 1.91 bits per heavy atom. The molecule has 1 aromatic carbocycles. The fraction of sp³-hybridized carbons (Fsp3) is 0.143. The molecule has 0 aliphatic carbocycles. The zero-order valence-electron chi connectivity index (χ0n) is 5.24. The van der Waals surface area contributed by atoms with Crippen molar-refractivity contribution in [2.45, 2.75) is 6.18 Å². The van der Waals surface area contributed by atoms with E-state index in [1.54, 1.807) is 0 Å². The maximum atomic E-state index is 11.9. The number of alkyl halides is 3. The maximum absolute atomic E-state index is 11.9. The topological polar surface area (TPSA) is 0 Å². The third-order valence-corrected chi connectivity index (χ3v) is 1.30. The van der Waals surface area contributed by atoms with Gasteiger partial charge in [-0.05, 0) is 24.3 Å². The lowest BCUT2D eigenvalue weighted by atomic mass is 10.2. The predicted octanol–water partition coefficient (Wildman–Crippen LogP) is 3.16. The van der Waals surface area contributed by atoms with E-state index in [0.717, 1.165) is 12.1 Å². The van der Waals surface area contributed by atoms with E-state index in [0.29, 0.717) is 0 Å². The standard InChI is InChI=1S/C7H3ClF3/c8-6-3-1-2-5(4-6)7(9,10)11/h2-4H. The summed E-state index contributed by atoms with van der Waals surface area (Å²) in [6, 6.07) is 5.27. The second kappa shape index (κ2) is 2.74. The molecule has 0 fully saturated rings.